The van der Waals surface area contributed by atoms with Gasteiger partial charge in [-0.25, -0.2) is 0 Å². The average Bonchev–Trinajstić information content (AvgIpc) is 3.25. The smallest absolute Gasteiger partial charge is 0.255 e. The Hall–Kier alpha value is -3.23. The van der Waals surface area contributed by atoms with Crippen LogP contribution in [0.2, 0.25) is 0 Å². The molecule has 3 aliphatic rings. The molecule has 8 heteroatoms. The highest BCUT2D eigenvalue weighted by Gasteiger charge is 2.39. The molecule has 0 unspecified atom stereocenters. The van der Waals surface area contributed by atoms with Crippen molar-refractivity contribution >= 4 is 23.4 Å². The van der Waals surface area contributed by atoms with Crippen molar-refractivity contribution < 1.29 is 35.6 Å². The van der Waals surface area contributed by atoms with Crippen molar-refractivity contribution in [1.82, 2.24) is 15.1 Å². The molecule has 0 bridgehead atoms. The Bertz CT molecular complexity index is 1540. The molecule has 0 spiro atoms. The Morgan fingerprint density at radius 2 is 1.82 bits per heavy atom. The van der Waals surface area contributed by atoms with Crippen LogP contribution in [0.1, 0.15) is 56.2 Å². The maximum atomic E-state index is 13.3. The van der Waals surface area contributed by atoms with Crippen molar-refractivity contribution in [1.29, 1.82) is 0 Å². The van der Waals surface area contributed by atoms with Gasteiger partial charge in [0.1, 0.15) is 6.04 Å². The largest absolute Gasteiger partial charge is 0.381 e. The van der Waals surface area contributed by atoms with Crippen LogP contribution in [0.5, 0.6) is 0 Å². The van der Waals surface area contributed by atoms with Crippen LogP contribution in [0, 0.1) is 0 Å². The third kappa shape index (κ3) is 4.62. The lowest BCUT2D eigenvalue weighted by molar-refractivity contribution is -0.136. The second-order valence-electron chi connectivity index (χ2n) is 7.54. The molecule has 0 saturated carbocycles. The van der Waals surface area contributed by atoms with E-state index in [1.807, 2.05) is 5.32 Å². The molecule has 3 amide bonds. The maximum absolute atomic E-state index is 13.3. The lowest BCUT2D eigenvalue weighted by Gasteiger charge is -2.29. The summed E-state index contributed by atoms with van der Waals surface area (Å²) in [7, 11) is 0. The molecule has 0 aliphatic carbocycles. The maximum Gasteiger partial charge on any atom is 0.255 e. The van der Waals surface area contributed by atoms with Gasteiger partial charge < -0.3 is 15.0 Å². The number of piperidine rings is 1. The first kappa shape index (κ1) is 11.8. The fraction of sp³-hybridized carbons (Fsp3) is 0.400. The topological polar surface area (TPSA) is 91.0 Å². The first-order chi connectivity index (χ1) is 20.6. The Kier molecular flexibility index (Phi) is 3.32. The number of nitrogens with one attached hydrogen (secondary N) is 2. The molecule has 2 aromatic rings. The van der Waals surface area contributed by atoms with E-state index in [-0.39, 0.29) is 18.7 Å². The Morgan fingerprint density at radius 1 is 1.06 bits per heavy atom. The molecule has 33 heavy (non-hydrogen) atoms. The number of hydrogen-bond donors (Lipinski definition) is 2. The zero-order valence-corrected chi connectivity index (χ0v) is 17.3. The molecular weight excluding hydrogens is 420 g/mol. The molecule has 2 aromatic carbocycles. The highest BCUT2D eigenvalue weighted by Crippen LogP contribution is 2.32. The lowest BCUT2D eigenvalue weighted by atomic mass is 10.0. The fourth-order valence-electron chi connectivity index (χ4n) is 3.79. The van der Waals surface area contributed by atoms with E-state index in [4.69, 9.17) is 16.4 Å². The van der Waals surface area contributed by atoms with Gasteiger partial charge in [0.25, 0.3) is 5.91 Å². The van der Waals surface area contributed by atoms with Crippen LogP contribution >= 0.6 is 0 Å². The van der Waals surface area contributed by atoms with E-state index >= 15 is 0 Å². The van der Waals surface area contributed by atoms with Crippen molar-refractivity contribution in [3.05, 3.63) is 64.7 Å². The van der Waals surface area contributed by atoms with Gasteiger partial charge in [0.05, 0.1) is 18.6 Å². The normalized spacial score (nSPS) is 35.7. The number of morpholine rings is 1. The number of fused-ring (bicyclic) bond motifs is 1. The summed E-state index contributed by atoms with van der Waals surface area (Å²) in [5, 5.41) is 4.98. The van der Waals surface area contributed by atoms with Gasteiger partial charge in [0.15, 0.2) is 0 Å². The number of benzene rings is 2. The van der Waals surface area contributed by atoms with Crippen molar-refractivity contribution in [2.45, 2.75) is 38.4 Å². The lowest BCUT2D eigenvalue weighted by Crippen LogP contribution is -2.52. The molecule has 2 N–H and O–H groups in total. The monoisotopic (exact) mass is 460 g/mol. The van der Waals surface area contributed by atoms with Gasteiger partial charge in [-0.3, -0.25) is 24.6 Å². The van der Waals surface area contributed by atoms with Gasteiger partial charge >= 0.3 is 0 Å². The molecule has 2 saturated heterocycles. The van der Waals surface area contributed by atoms with Crippen LogP contribution in [0.15, 0.2) is 42.5 Å². The zero-order valence-electron chi connectivity index (χ0n) is 29.3. The third-order valence-corrected chi connectivity index (χ3v) is 5.42. The number of hydrogen-bond acceptors (Lipinski definition) is 6. The summed E-state index contributed by atoms with van der Waals surface area (Å²) >= 11 is 0. The van der Waals surface area contributed by atoms with E-state index in [1.165, 1.54) is 6.07 Å². The molecule has 0 aromatic heterocycles. The average molecular weight is 461 g/mol. The van der Waals surface area contributed by atoms with E-state index in [1.54, 1.807) is 36.4 Å². The summed E-state index contributed by atoms with van der Waals surface area (Å²) < 4.78 is 101. The van der Waals surface area contributed by atoms with Crippen molar-refractivity contribution in [2.24, 2.45) is 0 Å². The fourth-order valence-corrected chi connectivity index (χ4v) is 3.79. The van der Waals surface area contributed by atoms with E-state index in [0.717, 1.165) is 4.90 Å². The molecule has 2 fully saturated rings. The Labute approximate surface area is 209 Å². The molecule has 8 nitrogen and oxygen atoms in total. The number of imide groups is 1. The molecular formula is C25H28N4O4. The van der Waals surface area contributed by atoms with Gasteiger partial charge in [0.2, 0.25) is 11.8 Å². The van der Waals surface area contributed by atoms with Crippen molar-refractivity contribution in [3.8, 4) is 0 Å². The predicted molar refractivity (Wildman–Crippen MR) is 122 cm³/mol. The number of carbonyl (C=O) groups excluding carboxylic acids is 3. The quantitative estimate of drug-likeness (QED) is 0.640. The third-order valence-electron chi connectivity index (χ3n) is 5.42. The van der Waals surface area contributed by atoms with Crippen LogP contribution < -0.4 is 10.6 Å². The number of rotatable bonds is 6. The van der Waals surface area contributed by atoms with Crippen LogP contribution in [0.25, 0.3) is 0 Å². The Balaban J connectivity index is 1.31. The first-order valence-electron chi connectivity index (χ1n) is 16.1. The van der Waals surface area contributed by atoms with E-state index in [0.29, 0.717) is 27.3 Å². The number of ether oxygens (including phenoxy) is 1. The van der Waals surface area contributed by atoms with Crippen LogP contribution in [-0.4, -0.2) is 59.7 Å². The molecule has 0 radical (unpaired) electrons. The Morgan fingerprint density at radius 3 is 2.61 bits per heavy atom. The predicted octanol–water partition coefficient (Wildman–Crippen LogP) is 1.89. The van der Waals surface area contributed by atoms with Gasteiger partial charge in [0, 0.05) is 66.8 Å². The minimum Gasteiger partial charge on any atom is -0.381 e. The molecule has 172 valence electrons. The highest BCUT2D eigenvalue weighted by atomic mass is 16.5. The molecule has 1 atom stereocenters. The van der Waals surface area contributed by atoms with Crippen LogP contribution in [-0.2, 0) is 34.0 Å². The second kappa shape index (κ2) is 9.33. The van der Waals surface area contributed by atoms with Gasteiger partial charge in [-0.2, -0.15) is 0 Å². The number of anilines is 1. The number of carbonyl (C=O) groups is 3. The van der Waals surface area contributed by atoms with Crippen molar-refractivity contribution in [3.63, 3.8) is 0 Å². The summed E-state index contributed by atoms with van der Waals surface area (Å²) in [5.41, 5.74) is 2.12. The van der Waals surface area contributed by atoms with Crippen molar-refractivity contribution in [2.75, 3.05) is 31.4 Å². The number of nitrogens with zero attached hydrogens (tertiary/aromatic N) is 2. The molecule has 3 heterocycles. The van der Waals surface area contributed by atoms with Gasteiger partial charge in [-0.15, -0.1) is 0 Å². The van der Waals surface area contributed by atoms with Crippen LogP contribution in [0.4, 0.5) is 5.69 Å². The van der Waals surface area contributed by atoms with E-state index in [2.05, 4.69) is 10.1 Å². The van der Waals surface area contributed by atoms with E-state index in [9.17, 15) is 14.4 Å². The minimum absolute atomic E-state index is 0.171. The highest BCUT2D eigenvalue weighted by molar-refractivity contribution is 6.06. The first-order valence-corrected chi connectivity index (χ1v) is 10.1. The zero-order chi connectivity index (χ0) is 33.5. The summed E-state index contributed by atoms with van der Waals surface area (Å²) in [5.74, 6) is -3.25. The summed E-state index contributed by atoms with van der Waals surface area (Å²) in [6.45, 7) is -12.8. The standard InChI is InChI=1S/C25H28N4O4/c30-23-9-8-22(24(31)27-23)29-16-20-19(25(29)32)2-1-3-21(20)26-14-17-4-6-18(7-5-17)15-28-10-12-33-13-11-28/h1-7,22,26H,8-16H2,(H,27,30,31)/t22-/m0/s1/i8D2,9D2,10D2,11D2,12D2,13D2. The van der Waals surface area contributed by atoms with Gasteiger partial charge in [-0.1, -0.05) is 30.3 Å². The SMILES string of the molecule is [2H]C1([2H])OC([2H])([2H])C([2H])([2H])N(Cc2ccc(CNc3cccc4c3CN([C@@H]3C(=O)NC(=O)C([2H])([2H])C3([2H])[2H])C4=O)cc2)C1([2H])[2H]. The summed E-state index contributed by atoms with van der Waals surface area (Å²) in [6, 6.07) is 9.18. The molecule has 5 rings (SSSR count). The summed E-state index contributed by atoms with van der Waals surface area (Å²) in [4.78, 5) is 39.2. The van der Waals surface area contributed by atoms with Crippen LogP contribution in [0.3, 0.4) is 0 Å². The second-order valence-corrected chi connectivity index (χ2v) is 7.54. The van der Waals surface area contributed by atoms with Gasteiger partial charge in [-0.05, 0) is 29.6 Å². The minimum atomic E-state index is -3.15. The van der Waals surface area contributed by atoms with E-state index < -0.39 is 69.2 Å². The number of amides is 3. The molecule has 3 aliphatic heterocycles. The summed E-state index contributed by atoms with van der Waals surface area (Å²) in [6.07, 6.45) is -6.08.